The Balaban J connectivity index is 1.66. The molecular weight excluding hydrogens is 420 g/mol. The van der Waals surface area contributed by atoms with Gasteiger partial charge in [-0.3, -0.25) is 9.59 Å². The molecule has 1 aliphatic carbocycles. The first-order valence-electron chi connectivity index (χ1n) is 9.78. The highest BCUT2D eigenvalue weighted by atomic mass is 16.4. The summed E-state index contributed by atoms with van der Waals surface area (Å²) in [7, 11) is 0. The third-order valence-electron chi connectivity index (χ3n) is 5.05. The molecule has 0 fully saturated rings. The number of aromatic nitrogens is 1. The second kappa shape index (κ2) is 8.65. The molecular formula is C26H16N2O5. The molecule has 0 bridgehead atoms. The van der Waals surface area contributed by atoms with E-state index in [2.05, 4.69) is 9.83 Å². The minimum atomic E-state index is -1.30. The molecule has 7 nitrogen and oxygen atoms in total. The quantitative estimate of drug-likeness (QED) is 0.294. The minimum Gasteiger partial charge on any atom is -0.506 e. The Kier molecular flexibility index (Phi) is 5.58. The maximum atomic E-state index is 13.0. The number of aliphatic hydroxyl groups is 1. The molecule has 1 aliphatic rings. The number of hydrogen-bond acceptors (Lipinski definition) is 5. The van der Waals surface area contributed by atoms with E-state index in [0.29, 0.717) is 27.6 Å². The van der Waals surface area contributed by atoms with E-state index in [4.69, 9.17) is 11.7 Å². The van der Waals surface area contributed by atoms with E-state index < -0.39 is 17.4 Å². The number of aromatic hydroxyl groups is 1. The average Bonchev–Trinajstić information content (AvgIpc) is 3.05. The van der Waals surface area contributed by atoms with Gasteiger partial charge in [0.05, 0.1) is 17.7 Å². The van der Waals surface area contributed by atoms with Crippen molar-refractivity contribution in [3.63, 3.8) is 0 Å². The van der Waals surface area contributed by atoms with E-state index in [0.717, 1.165) is 0 Å². The number of aliphatic carboxylic acids is 1. The molecule has 0 saturated heterocycles. The highest BCUT2D eigenvalue weighted by Crippen LogP contribution is 2.40. The Morgan fingerprint density at radius 1 is 1.00 bits per heavy atom. The molecule has 0 spiro atoms. The summed E-state index contributed by atoms with van der Waals surface area (Å²) in [5.74, 6) is -2.19. The number of nitrogens with zero attached hydrogens (tertiary/aromatic N) is 2. The predicted molar refractivity (Wildman–Crippen MR) is 124 cm³/mol. The average molecular weight is 436 g/mol. The van der Waals surface area contributed by atoms with Gasteiger partial charge in [-0.05, 0) is 35.9 Å². The molecule has 1 aromatic heterocycles. The SMILES string of the molecule is [C-]#[N+]\C(=C/C=C/C=C/c1ccc2c(c1)C(O)=C(c1nc3ccccc3cc1O)C2=O)C(=O)O. The number of carboxylic acid groups (broad SMARTS) is 1. The van der Waals surface area contributed by atoms with Crippen LogP contribution in [0.2, 0.25) is 0 Å². The molecule has 33 heavy (non-hydrogen) atoms. The van der Waals surface area contributed by atoms with Crippen molar-refractivity contribution in [1.82, 2.24) is 4.98 Å². The smallest absolute Gasteiger partial charge is 0.333 e. The first kappa shape index (κ1) is 21.3. The lowest BCUT2D eigenvalue weighted by Gasteiger charge is -2.06. The van der Waals surface area contributed by atoms with Gasteiger partial charge >= 0.3 is 5.97 Å². The van der Waals surface area contributed by atoms with Crippen LogP contribution < -0.4 is 0 Å². The first-order chi connectivity index (χ1) is 15.9. The zero-order chi connectivity index (χ0) is 23.5. The molecule has 0 radical (unpaired) electrons. The Morgan fingerprint density at radius 3 is 2.55 bits per heavy atom. The van der Waals surface area contributed by atoms with Crippen LogP contribution in [0, 0.1) is 6.57 Å². The van der Waals surface area contributed by atoms with Crippen LogP contribution in [0.15, 0.2) is 78.5 Å². The van der Waals surface area contributed by atoms with Gasteiger partial charge in [-0.1, -0.05) is 48.6 Å². The number of carbonyl (C=O) groups is 2. The molecule has 3 N–H and O–H groups in total. The fraction of sp³-hybridized carbons (Fsp3) is 0. The van der Waals surface area contributed by atoms with Crippen molar-refractivity contribution in [2.24, 2.45) is 0 Å². The van der Waals surface area contributed by atoms with Gasteiger partial charge in [-0.25, -0.2) is 9.83 Å². The molecule has 4 rings (SSSR count). The van der Waals surface area contributed by atoms with Gasteiger partial charge in [0.2, 0.25) is 0 Å². The molecule has 160 valence electrons. The van der Waals surface area contributed by atoms with E-state index >= 15 is 0 Å². The van der Waals surface area contributed by atoms with Gasteiger partial charge in [0.15, 0.2) is 5.78 Å². The number of allylic oxidation sites excluding steroid dienone is 5. The zero-order valence-corrected chi connectivity index (χ0v) is 17.1. The summed E-state index contributed by atoms with van der Waals surface area (Å²) >= 11 is 0. The highest BCUT2D eigenvalue weighted by molar-refractivity contribution is 6.39. The van der Waals surface area contributed by atoms with Crippen LogP contribution in [0.5, 0.6) is 5.75 Å². The summed E-state index contributed by atoms with van der Waals surface area (Å²) in [5.41, 5.74) is 1.47. The van der Waals surface area contributed by atoms with Gasteiger partial charge in [0, 0.05) is 16.5 Å². The summed E-state index contributed by atoms with van der Waals surface area (Å²) in [6.45, 7) is 6.79. The Hall–Kier alpha value is -4.96. The second-order valence-corrected chi connectivity index (χ2v) is 7.12. The summed E-state index contributed by atoms with van der Waals surface area (Å²) < 4.78 is 0. The number of carbonyl (C=O) groups excluding carboxylic acids is 1. The van der Waals surface area contributed by atoms with Crippen LogP contribution in [-0.4, -0.2) is 32.1 Å². The third-order valence-corrected chi connectivity index (χ3v) is 5.05. The fourth-order valence-corrected chi connectivity index (χ4v) is 3.48. The van der Waals surface area contributed by atoms with E-state index in [9.17, 15) is 19.8 Å². The maximum Gasteiger partial charge on any atom is 0.333 e. The summed E-state index contributed by atoms with van der Waals surface area (Å²) in [6.07, 6.45) is 7.51. The minimum absolute atomic E-state index is 0.0215. The molecule has 3 aromatic rings. The van der Waals surface area contributed by atoms with Crippen molar-refractivity contribution < 1.29 is 24.9 Å². The number of rotatable bonds is 5. The number of carboxylic acids is 1. The number of Topliss-reactive ketones (excluding diaryl/α,β-unsaturated/α-hetero) is 1. The van der Waals surface area contributed by atoms with Crippen molar-refractivity contribution in [1.29, 1.82) is 0 Å². The molecule has 0 aliphatic heterocycles. The van der Waals surface area contributed by atoms with E-state index in [1.165, 1.54) is 18.2 Å². The normalized spacial score (nSPS) is 13.8. The first-order valence-corrected chi connectivity index (χ1v) is 9.78. The molecule has 2 aromatic carbocycles. The molecule has 7 heteroatoms. The van der Waals surface area contributed by atoms with E-state index in [1.807, 2.05) is 6.07 Å². The number of ketones is 1. The Bertz CT molecular complexity index is 1490. The van der Waals surface area contributed by atoms with Crippen molar-refractivity contribution in [3.8, 4) is 5.75 Å². The van der Waals surface area contributed by atoms with Crippen molar-refractivity contribution >= 4 is 40.1 Å². The standard InChI is InChI=1S/C26H16N2O5/c1-27-20(26(32)33)10-4-2-3-7-15-11-12-17-18(13-15)25(31)22(24(17)30)23-21(29)14-16-8-5-6-9-19(16)28-23/h2-14,29,31H,(H,32,33)/b4-2+,7-3+,20-10-. The lowest BCUT2D eigenvalue weighted by Crippen LogP contribution is -2.01. The van der Waals surface area contributed by atoms with E-state index in [-0.39, 0.29) is 22.8 Å². The number of benzene rings is 2. The summed E-state index contributed by atoms with van der Waals surface area (Å²) in [6, 6.07) is 13.6. The number of pyridine rings is 1. The number of fused-ring (bicyclic) bond motifs is 2. The van der Waals surface area contributed by atoms with Crippen molar-refractivity contribution in [2.45, 2.75) is 0 Å². The zero-order valence-electron chi connectivity index (χ0n) is 17.1. The van der Waals surface area contributed by atoms with E-state index in [1.54, 1.807) is 54.6 Å². The van der Waals surface area contributed by atoms with Gasteiger partial charge in [0.1, 0.15) is 17.2 Å². The summed E-state index contributed by atoms with van der Waals surface area (Å²) in [4.78, 5) is 31.1. The van der Waals surface area contributed by atoms with Gasteiger partial charge in [-0.15, -0.1) is 0 Å². The topological polar surface area (TPSA) is 112 Å². The number of hydrogen-bond donors (Lipinski definition) is 3. The Morgan fingerprint density at radius 2 is 1.79 bits per heavy atom. The number of aliphatic hydroxyl groups excluding tert-OH is 1. The molecule has 1 heterocycles. The van der Waals surface area contributed by atoms with Crippen LogP contribution in [0.4, 0.5) is 0 Å². The molecule has 0 unspecified atom stereocenters. The second-order valence-electron chi connectivity index (χ2n) is 7.12. The van der Waals surface area contributed by atoms with Crippen molar-refractivity contribution in [3.05, 3.63) is 112 Å². The highest BCUT2D eigenvalue weighted by Gasteiger charge is 2.33. The number of para-hydroxylation sites is 1. The van der Waals surface area contributed by atoms with Crippen molar-refractivity contribution in [2.75, 3.05) is 0 Å². The van der Waals surface area contributed by atoms with Gasteiger partial charge < -0.3 is 15.3 Å². The molecule has 0 saturated carbocycles. The summed E-state index contributed by atoms with van der Waals surface area (Å²) in [5, 5.41) is 30.8. The van der Waals surface area contributed by atoms with Crippen LogP contribution in [0.25, 0.3) is 33.2 Å². The van der Waals surface area contributed by atoms with Crippen LogP contribution in [0.1, 0.15) is 27.2 Å². The van der Waals surface area contributed by atoms with Crippen LogP contribution in [0.3, 0.4) is 0 Å². The monoisotopic (exact) mass is 436 g/mol. The van der Waals surface area contributed by atoms with Gasteiger partial charge in [0.25, 0.3) is 5.70 Å². The largest absolute Gasteiger partial charge is 0.506 e. The lowest BCUT2D eigenvalue weighted by atomic mass is 10.0. The van der Waals surface area contributed by atoms with Crippen LogP contribution in [-0.2, 0) is 4.79 Å². The van der Waals surface area contributed by atoms with Crippen LogP contribution >= 0.6 is 0 Å². The molecule has 0 amide bonds. The van der Waals surface area contributed by atoms with Gasteiger partial charge in [-0.2, -0.15) is 0 Å². The third kappa shape index (κ3) is 4.01. The fourth-order valence-electron chi connectivity index (χ4n) is 3.48. The lowest BCUT2D eigenvalue weighted by molar-refractivity contribution is -0.132. The molecule has 0 atom stereocenters. The predicted octanol–water partition coefficient (Wildman–Crippen LogP) is 5.02. The Labute approximate surface area is 188 Å². The maximum absolute atomic E-state index is 13.0.